The third-order valence-corrected chi connectivity index (χ3v) is 3.16. The van der Waals surface area contributed by atoms with Crippen LogP contribution in [0, 0.1) is 0 Å². The van der Waals surface area contributed by atoms with Crippen LogP contribution in [0.2, 0.25) is 0 Å². The van der Waals surface area contributed by atoms with E-state index in [1.165, 1.54) is 0 Å². The minimum absolute atomic E-state index is 0.339. The number of methoxy groups -OCH3 is 1. The molecule has 0 radical (unpaired) electrons. The number of thiocarbonyl (C=S) groups is 1. The van der Waals surface area contributed by atoms with Gasteiger partial charge in [0.25, 0.3) is 0 Å². The topological polar surface area (TPSA) is 56.5 Å². The molecule has 0 amide bonds. The average Bonchev–Trinajstić information content (AvgIpc) is 2.49. The summed E-state index contributed by atoms with van der Waals surface area (Å²) in [5.41, 5.74) is 8.26. The number of rotatable bonds is 6. The third kappa shape index (κ3) is 3.86. The van der Waals surface area contributed by atoms with E-state index in [1.807, 2.05) is 49.4 Å². The number of anilines is 2. The number of nitrogens with one attached hydrogen (secondary N) is 1. The van der Waals surface area contributed by atoms with Crippen LogP contribution in [0.25, 0.3) is 0 Å². The zero-order valence-electron chi connectivity index (χ0n) is 12.1. The highest BCUT2D eigenvalue weighted by Gasteiger charge is 2.07. The van der Waals surface area contributed by atoms with Gasteiger partial charge in [0.05, 0.1) is 19.4 Å². The normalized spacial score (nSPS) is 10.0. The maximum Gasteiger partial charge on any atom is 0.120 e. The highest BCUT2D eigenvalue weighted by atomic mass is 32.1. The lowest BCUT2D eigenvalue weighted by Crippen LogP contribution is -2.12. The molecule has 110 valence electrons. The molecule has 0 saturated carbocycles. The fourth-order valence-electron chi connectivity index (χ4n) is 1.93. The van der Waals surface area contributed by atoms with Gasteiger partial charge in [-0.2, -0.15) is 0 Å². The van der Waals surface area contributed by atoms with Crippen molar-refractivity contribution in [3.05, 3.63) is 48.0 Å². The summed E-state index contributed by atoms with van der Waals surface area (Å²) >= 11 is 5.08. The van der Waals surface area contributed by atoms with Crippen LogP contribution in [0.15, 0.2) is 42.5 Å². The molecule has 4 nitrogen and oxygen atoms in total. The first-order valence-corrected chi connectivity index (χ1v) is 7.02. The Bertz CT molecular complexity index is 627. The average molecular weight is 302 g/mol. The van der Waals surface area contributed by atoms with Gasteiger partial charge in [-0.1, -0.05) is 12.2 Å². The molecule has 0 aromatic heterocycles. The van der Waals surface area contributed by atoms with E-state index in [0.29, 0.717) is 11.6 Å². The zero-order valence-corrected chi connectivity index (χ0v) is 12.9. The zero-order chi connectivity index (χ0) is 15.2. The van der Waals surface area contributed by atoms with Gasteiger partial charge in [0.2, 0.25) is 0 Å². The van der Waals surface area contributed by atoms with E-state index in [1.54, 1.807) is 7.11 Å². The lowest BCUT2D eigenvalue weighted by Gasteiger charge is -2.13. The van der Waals surface area contributed by atoms with E-state index in [-0.39, 0.29) is 0 Å². The minimum Gasteiger partial charge on any atom is -0.497 e. The van der Waals surface area contributed by atoms with Gasteiger partial charge in [-0.15, -0.1) is 0 Å². The molecule has 5 heteroatoms. The summed E-state index contributed by atoms with van der Waals surface area (Å²) in [6.45, 7) is 2.60. The Labute approximate surface area is 129 Å². The Hall–Kier alpha value is -2.27. The smallest absolute Gasteiger partial charge is 0.120 e. The fourth-order valence-corrected chi connectivity index (χ4v) is 2.10. The van der Waals surface area contributed by atoms with Crippen molar-refractivity contribution in [1.82, 2.24) is 0 Å². The minimum atomic E-state index is 0.339. The van der Waals surface area contributed by atoms with Gasteiger partial charge in [-0.05, 0) is 43.3 Å². The first-order chi connectivity index (χ1) is 10.1. The van der Waals surface area contributed by atoms with E-state index in [2.05, 4.69) is 5.32 Å². The first-order valence-electron chi connectivity index (χ1n) is 6.61. The number of nitrogens with two attached hydrogens (primary N) is 1. The van der Waals surface area contributed by atoms with Gasteiger partial charge in [0.15, 0.2) is 0 Å². The van der Waals surface area contributed by atoms with Crippen molar-refractivity contribution in [2.45, 2.75) is 6.92 Å². The predicted octanol–water partition coefficient (Wildman–Crippen LogP) is 3.47. The molecular weight excluding hydrogens is 284 g/mol. The first kappa shape index (κ1) is 15.1. The van der Waals surface area contributed by atoms with E-state index in [9.17, 15) is 0 Å². The molecule has 2 aromatic carbocycles. The summed E-state index contributed by atoms with van der Waals surface area (Å²) < 4.78 is 10.7. The van der Waals surface area contributed by atoms with Crippen LogP contribution in [-0.4, -0.2) is 18.7 Å². The molecule has 0 aliphatic carbocycles. The van der Waals surface area contributed by atoms with E-state index >= 15 is 0 Å². The number of hydrogen-bond donors (Lipinski definition) is 2. The SMILES string of the molecule is CCOc1ccc(Nc2cc(OC)ccc2C(N)=S)cc1. The molecule has 0 aliphatic heterocycles. The van der Waals surface area contributed by atoms with Crippen molar-refractivity contribution >= 4 is 28.6 Å². The summed E-state index contributed by atoms with van der Waals surface area (Å²) in [6.07, 6.45) is 0. The number of hydrogen-bond acceptors (Lipinski definition) is 4. The Morgan fingerprint density at radius 1 is 1.14 bits per heavy atom. The summed E-state index contributed by atoms with van der Waals surface area (Å²) in [6, 6.07) is 13.2. The van der Waals surface area contributed by atoms with Gasteiger partial charge in [0, 0.05) is 17.3 Å². The molecule has 2 aromatic rings. The van der Waals surface area contributed by atoms with Crippen molar-refractivity contribution in [2.75, 3.05) is 19.0 Å². The Morgan fingerprint density at radius 2 is 1.81 bits per heavy atom. The van der Waals surface area contributed by atoms with E-state index < -0.39 is 0 Å². The van der Waals surface area contributed by atoms with Crippen molar-refractivity contribution in [3.8, 4) is 11.5 Å². The molecule has 3 N–H and O–H groups in total. The van der Waals surface area contributed by atoms with Crippen LogP contribution in [-0.2, 0) is 0 Å². The van der Waals surface area contributed by atoms with E-state index in [0.717, 1.165) is 28.4 Å². The van der Waals surface area contributed by atoms with Gasteiger partial charge in [-0.25, -0.2) is 0 Å². The highest BCUT2D eigenvalue weighted by Crippen LogP contribution is 2.27. The standard InChI is InChI=1S/C16H18N2O2S/c1-3-20-12-6-4-11(5-7-12)18-15-10-13(19-2)8-9-14(15)16(17)21/h4-10,18H,3H2,1-2H3,(H2,17,21). The van der Waals surface area contributed by atoms with Crippen molar-refractivity contribution in [3.63, 3.8) is 0 Å². The van der Waals surface area contributed by atoms with Crippen LogP contribution >= 0.6 is 12.2 Å². The molecule has 0 fully saturated rings. The number of benzene rings is 2. The largest absolute Gasteiger partial charge is 0.497 e. The molecule has 0 saturated heterocycles. The Kier molecular flexibility index (Phi) is 5.00. The lowest BCUT2D eigenvalue weighted by atomic mass is 10.1. The van der Waals surface area contributed by atoms with Gasteiger partial charge < -0.3 is 20.5 Å². The second-order valence-corrected chi connectivity index (χ2v) is 4.80. The molecule has 0 spiro atoms. The maximum absolute atomic E-state index is 5.75. The summed E-state index contributed by atoms with van der Waals surface area (Å²) in [7, 11) is 1.62. The Morgan fingerprint density at radius 3 is 2.38 bits per heavy atom. The molecule has 0 aliphatic rings. The molecule has 0 atom stereocenters. The lowest BCUT2D eigenvalue weighted by molar-refractivity contribution is 0.340. The maximum atomic E-state index is 5.75. The van der Waals surface area contributed by atoms with Crippen LogP contribution < -0.4 is 20.5 Å². The van der Waals surface area contributed by atoms with E-state index in [4.69, 9.17) is 27.4 Å². The van der Waals surface area contributed by atoms with Gasteiger partial charge in [-0.3, -0.25) is 0 Å². The second-order valence-electron chi connectivity index (χ2n) is 4.36. The third-order valence-electron chi connectivity index (χ3n) is 2.94. The van der Waals surface area contributed by atoms with Crippen LogP contribution in [0.4, 0.5) is 11.4 Å². The second kappa shape index (κ2) is 6.95. The highest BCUT2D eigenvalue weighted by molar-refractivity contribution is 7.80. The molecule has 0 heterocycles. The fraction of sp³-hybridized carbons (Fsp3) is 0.188. The predicted molar refractivity (Wildman–Crippen MR) is 89.8 cm³/mol. The quantitative estimate of drug-likeness (QED) is 0.800. The van der Waals surface area contributed by atoms with Crippen LogP contribution in [0.3, 0.4) is 0 Å². The summed E-state index contributed by atoms with van der Waals surface area (Å²) in [5, 5.41) is 3.29. The van der Waals surface area contributed by atoms with Gasteiger partial charge >= 0.3 is 0 Å². The van der Waals surface area contributed by atoms with Crippen molar-refractivity contribution in [2.24, 2.45) is 5.73 Å². The summed E-state index contributed by atoms with van der Waals surface area (Å²) in [4.78, 5) is 0.339. The summed E-state index contributed by atoms with van der Waals surface area (Å²) in [5.74, 6) is 1.58. The van der Waals surface area contributed by atoms with Crippen LogP contribution in [0.5, 0.6) is 11.5 Å². The number of ether oxygens (including phenoxy) is 2. The van der Waals surface area contributed by atoms with Gasteiger partial charge in [0.1, 0.15) is 16.5 Å². The monoisotopic (exact) mass is 302 g/mol. The van der Waals surface area contributed by atoms with Crippen LogP contribution in [0.1, 0.15) is 12.5 Å². The Balaban J connectivity index is 2.26. The molecule has 2 rings (SSSR count). The molecule has 21 heavy (non-hydrogen) atoms. The van der Waals surface area contributed by atoms with Crippen molar-refractivity contribution < 1.29 is 9.47 Å². The molecular formula is C16H18N2O2S. The molecule has 0 bridgehead atoms. The van der Waals surface area contributed by atoms with Crippen molar-refractivity contribution in [1.29, 1.82) is 0 Å². The molecule has 0 unspecified atom stereocenters.